The molecule has 1 amide bonds. The lowest BCUT2D eigenvalue weighted by atomic mass is 10.2. The third-order valence-corrected chi connectivity index (χ3v) is 2.62. The van der Waals surface area contributed by atoms with Crippen molar-refractivity contribution in [2.45, 2.75) is 13.0 Å². The standard InChI is InChI=1S/C11H23N3O3/c1-10(15)13-8-11-9-14(4-7-17-11)3-6-16-5-2-12/h11H,2-9,12H2,1H3,(H,13,15). The summed E-state index contributed by atoms with van der Waals surface area (Å²) in [6.45, 7) is 7.32. The van der Waals surface area contributed by atoms with E-state index in [1.165, 1.54) is 6.92 Å². The molecule has 6 heteroatoms. The van der Waals surface area contributed by atoms with Gasteiger partial charge in [0.2, 0.25) is 5.91 Å². The lowest BCUT2D eigenvalue weighted by Crippen LogP contribution is -2.48. The molecule has 0 spiro atoms. The van der Waals surface area contributed by atoms with Crippen LogP contribution in [0.1, 0.15) is 6.92 Å². The topological polar surface area (TPSA) is 76.8 Å². The van der Waals surface area contributed by atoms with Crippen molar-refractivity contribution in [3.05, 3.63) is 0 Å². The van der Waals surface area contributed by atoms with Gasteiger partial charge in [-0.25, -0.2) is 0 Å². The number of nitrogens with one attached hydrogen (secondary N) is 1. The molecule has 0 aromatic carbocycles. The molecule has 0 aliphatic carbocycles. The fourth-order valence-electron chi connectivity index (χ4n) is 1.74. The maximum atomic E-state index is 10.8. The van der Waals surface area contributed by atoms with Gasteiger partial charge in [-0.1, -0.05) is 0 Å². The molecule has 1 aliphatic heterocycles. The van der Waals surface area contributed by atoms with Gasteiger partial charge < -0.3 is 20.5 Å². The van der Waals surface area contributed by atoms with Crippen LogP contribution < -0.4 is 11.1 Å². The second kappa shape index (κ2) is 8.41. The van der Waals surface area contributed by atoms with Crippen molar-refractivity contribution in [3.8, 4) is 0 Å². The van der Waals surface area contributed by atoms with Crippen molar-refractivity contribution in [1.82, 2.24) is 10.2 Å². The molecule has 1 saturated heterocycles. The van der Waals surface area contributed by atoms with E-state index in [1.54, 1.807) is 0 Å². The molecule has 1 rings (SSSR count). The zero-order chi connectivity index (χ0) is 12.5. The number of amides is 1. The second-order valence-corrected chi connectivity index (χ2v) is 4.13. The molecule has 1 aliphatic rings. The number of carbonyl (C=O) groups is 1. The molecule has 100 valence electrons. The van der Waals surface area contributed by atoms with Crippen LogP contribution in [-0.4, -0.2) is 69.5 Å². The fraction of sp³-hybridized carbons (Fsp3) is 0.909. The van der Waals surface area contributed by atoms with E-state index in [0.29, 0.717) is 32.9 Å². The Bertz CT molecular complexity index is 226. The molecular formula is C11H23N3O3. The summed E-state index contributed by atoms with van der Waals surface area (Å²) in [5.74, 6) is -0.0167. The van der Waals surface area contributed by atoms with Crippen molar-refractivity contribution < 1.29 is 14.3 Å². The van der Waals surface area contributed by atoms with Gasteiger partial charge in [0.25, 0.3) is 0 Å². The van der Waals surface area contributed by atoms with E-state index in [4.69, 9.17) is 15.2 Å². The average molecular weight is 245 g/mol. The zero-order valence-corrected chi connectivity index (χ0v) is 10.5. The number of hydrogen-bond acceptors (Lipinski definition) is 5. The minimum atomic E-state index is -0.0167. The van der Waals surface area contributed by atoms with E-state index in [0.717, 1.165) is 19.6 Å². The van der Waals surface area contributed by atoms with Crippen molar-refractivity contribution >= 4 is 5.91 Å². The van der Waals surface area contributed by atoms with E-state index in [2.05, 4.69) is 10.2 Å². The molecule has 0 bridgehead atoms. The molecule has 3 N–H and O–H groups in total. The molecule has 1 unspecified atom stereocenters. The van der Waals surface area contributed by atoms with Crippen LogP contribution in [0, 0.1) is 0 Å². The van der Waals surface area contributed by atoms with Crippen LogP contribution in [0.3, 0.4) is 0 Å². The van der Waals surface area contributed by atoms with Gasteiger partial charge in [-0.2, -0.15) is 0 Å². The van der Waals surface area contributed by atoms with Crippen LogP contribution in [0.5, 0.6) is 0 Å². The summed E-state index contributed by atoms with van der Waals surface area (Å²) in [6, 6.07) is 0. The Labute approximate surface area is 102 Å². The first kappa shape index (κ1) is 14.4. The normalized spacial score (nSPS) is 21.4. The smallest absolute Gasteiger partial charge is 0.216 e. The summed E-state index contributed by atoms with van der Waals surface area (Å²) in [5, 5.41) is 2.77. The van der Waals surface area contributed by atoms with Gasteiger partial charge in [0, 0.05) is 39.6 Å². The second-order valence-electron chi connectivity index (χ2n) is 4.13. The maximum absolute atomic E-state index is 10.8. The minimum Gasteiger partial charge on any atom is -0.379 e. The first-order valence-electron chi connectivity index (χ1n) is 6.08. The first-order valence-corrected chi connectivity index (χ1v) is 6.08. The van der Waals surface area contributed by atoms with Crippen LogP contribution in [-0.2, 0) is 14.3 Å². The summed E-state index contributed by atoms with van der Waals surface area (Å²) >= 11 is 0. The third kappa shape index (κ3) is 6.58. The van der Waals surface area contributed by atoms with Crippen molar-refractivity contribution in [2.75, 3.05) is 52.5 Å². The number of hydrogen-bond donors (Lipinski definition) is 2. The third-order valence-electron chi connectivity index (χ3n) is 2.62. The Morgan fingerprint density at radius 2 is 2.41 bits per heavy atom. The highest BCUT2D eigenvalue weighted by Crippen LogP contribution is 2.04. The van der Waals surface area contributed by atoms with Crippen LogP contribution in [0.4, 0.5) is 0 Å². The van der Waals surface area contributed by atoms with Gasteiger partial charge in [-0.15, -0.1) is 0 Å². The number of rotatable bonds is 7. The van der Waals surface area contributed by atoms with Gasteiger partial charge in [0.1, 0.15) is 0 Å². The Balaban J connectivity index is 2.12. The van der Waals surface area contributed by atoms with Gasteiger partial charge in [-0.3, -0.25) is 9.69 Å². The van der Waals surface area contributed by atoms with E-state index in [1.807, 2.05) is 0 Å². The van der Waals surface area contributed by atoms with Crippen molar-refractivity contribution in [2.24, 2.45) is 5.73 Å². The summed E-state index contributed by atoms with van der Waals surface area (Å²) in [7, 11) is 0. The number of nitrogens with zero attached hydrogens (tertiary/aromatic N) is 1. The van der Waals surface area contributed by atoms with Crippen LogP contribution in [0.2, 0.25) is 0 Å². The predicted molar refractivity (Wildman–Crippen MR) is 64.7 cm³/mol. The lowest BCUT2D eigenvalue weighted by molar-refractivity contribution is -0.120. The van der Waals surface area contributed by atoms with Crippen LogP contribution in [0.15, 0.2) is 0 Å². The predicted octanol–water partition coefficient (Wildman–Crippen LogP) is -1.20. The summed E-state index contributed by atoms with van der Waals surface area (Å²) in [5.41, 5.74) is 5.34. The van der Waals surface area contributed by atoms with Gasteiger partial charge in [0.05, 0.1) is 25.9 Å². The highest BCUT2D eigenvalue weighted by molar-refractivity contribution is 5.72. The fourth-order valence-corrected chi connectivity index (χ4v) is 1.74. The summed E-state index contributed by atoms with van der Waals surface area (Å²) in [4.78, 5) is 13.1. The van der Waals surface area contributed by atoms with Crippen LogP contribution >= 0.6 is 0 Å². The highest BCUT2D eigenvalue weighted by Gasteiger charge is 2.19. The molecule has 0 aromatic heterocycles. The number of nitrogens with two attached hydrogens (primary N) is 1. The molecule has 1 fully saturated rings. The maximum Gasteiger partial charge on any atom is 0.216 e. The number of ether oxygens (including phenoxy) is 2. The largest absolute Gasteiger partial charge is 0.379 e. The van der Waals surface area contributed by atoms with Gasteiger partial charge in [-0.05, 0) is 0 Å². The molecule has 0 radical (unpaired) electrons. The first-order chi connectivity index (χ1) is 8.22. The molecule has 1 heterocycles. The molecule has 17 heavy (non-hydrogen) atoms. The molecule has 1 atom stereocenters. The van der Waals surface area contributed by atoms with Gasteiger partial charge >= 0.3 is 0 Å². The molecule has 0 aromatic rings. The average Bonchev–Trinajstić information content (AvgIpc) is 2.33. The Morgan fingerprint density at radius 1 is 1.59 bits per heavy atom. The lowest BCUT2D eigenvalue weighted by Gasteiger charge is -2.32. The molecular weight excluding hydrogens is 222 g/mol. The van der Waals surface area contributed by atoms with Crippen molar-refractivity contribution in [3.63, 3.8) is 0 Å². The van der Waals surface area contributed by atoms with Crippen LogP contribution in [0.25, 0.3) is 0 Å². The highest BCUT2D eigenvalue weighted by atomic mass is 16.5. The van der Waals surface area contributed by atoms with E-state index >= 15 is 0 Å². The Morgan fingerprint density at radius 3 is 3.12 bits per heavy atom. The summed E-state index contributed by atoms with van der Waals surface area (Å²) in [6.07, 6.45) is 0.0853. The minimum absolute atomic E-state index is 0.0167. The summed E-state index contributed by atoms with van der Waals surface area (Å²) < 4.78 is 10.9. The number of carbonyl (C=O) groups excluding carboxylic acids is 1. The quantitative estimate of drug-likeness (QED) is 0.551. The molecule has 6 nitrogen and oxygen atoms in total. The van der Waals surface area contributed by atoms with E-state index in [9.17, 15) is 4.79 Å². The van der Waals surface area contributed by atoms with E-state index < -0.39 is 0 Å². The Kier molecular flexibility index (Phi) is 7.11. The number of morpholine rings is 1. The monoisotopic (exact) mass is 245 g/mol. The SMILES string of the molecule is CC(=O)NCC1CN(CCOCCN)CCO1. The molecule has 0 saturated carbocycles. The van der Waals surface area contributed by atoms with Gasteiger partial charge in [0.15, 0.2) is 0 Å². The zero-order valence-electron chi connectivity index (χ0n) is 10.5. The van der Waals surface area contributed by atoms with Crippen molar-refractivity contribution in [1.29, 1.82) is 0 Å². The Hall–Kier alpha value is -0.690. The van der Waals surface area contributed by atoms with E-state index in [-0.39, 0.29) is 12.0 Å².